The van der Waals surface area contributed by atoms with Crippen LogP contribution in [0.5, 0.6) is 0 Å². The Morgan fingerprint density at radius 2 is 1.07 bits per heavy atom. The SMILES string of the molecule is CCCCCCCCCCCCCCCCCCCCSC[C@H](NC(C)=O)C(=O)O. The molecule has 0 radical (unpaired) electrons. The highest BCUT2D eigenvalue weighted by Crippen LogP contribution is 2.15. The monoisotopic (exact) mass is 443 g/mol. The van der Waals surface area contributed by atoms with E-state index in [4.69, 9.17) is 5.11 Å². The number of carboxylic acid groups (broad SMARTS) is 1. The molecule has 5 heteroatoms. The summed E-state index contributed by atoms with van der Waals surface area (Å²) in [7, 11) is 0. The minimum Gasteiger partial charge on any atom is -0.480 e. The summed E-state index contributed by atoms with van der Waals surface area (Å²) in [5.74, 6) is 0.197. The summed E-state index contributed by atoms with van der Waals surface area (Å²) in [6, 6.07) is -0.761. The third kappa shape index (κ3) is 22.0. The van der Waals surface area contributed by atoms with Gasteiger partial charge in [0.25, 0.3) is 0 Å². The number of aliphatic carboxylic acids is 1. The Kier molecular flexibility index (Phi) is 22.4. The molecule has 0 saturated heterocycles. The number of carboxylic acids is 1. The normalized spacial score (nSPS) is 12.1. The molecule has 0 rings (SSSR count). The Morgan fingerprint density at radius 1 is 0.700 bits per heavy atom. The van der Waals surface area contributed by atoms with Gasteiger partial charge in [-0.15, -0.1) is 0 Å². The van der Waals surface area contributed by atoms with E-state index in [1.165, 1.54) is 116 Å². The molecule has 0 bridgehead atoms. The molecular weight excluding hydrogens is 394 g/mol. The standard InChI is InChI=1S/C25H49NO3S/c1-3-4-5-6-7-8-9-10-11-12-13-14-15-16-17-18-19-20-21-30-22-24(25(28)29)26-23(2)27/h24H,3-22H2,1-2H3,(H,26,27)(H,28,29)/t24-/m0/s1. The molecule has 2 N–H and O–H groups in total. The first-order valence-electron chi connectivity index (χ1n) is 12.7. The Balaban J connectivity index is 3.21. The van der Waals surface area contributed by atoms with Crippen LogP contribution >= 0.6 is 11.8 Å². The van der Waals surface area contributed by atoms with Crippen molar-refractivity contribution in [3.8, 4) is 0 Å². The van der Waals surface area contributed by atoms with Gasteiger partial charge in [-0.05, 0) is 12.2 Å². The van der Waals surface area contributed by atoms with Crippen molar-refractivity contribution < 1.29 is 14.7 Å². The first kappa shape index (κ1) is 29.3. The predicted octanol–water partition coefficient (Wildman–Crippen LogP) is 7.35. The van der Waals surface area contributed by atoms with Gasteiger partial charge in [-0.3, -0.25) is 4.79 Å². The Bertz CT molecular complexity index is 404. The quantitative estimate of drug-likeness (QED) is 0.162. The molecule has 0 aromatic carbocycles. The number of unbranched alkanes of at least 4 members (excludes halogenated alkanes) is 17. The zero-order chi connectivity index (χ0) is 22.3. The van der Waals surface area contributed by atoms with Crippen molar-refractivity contribution in [2.75, 3.05) is 11.5 Å². The number of nitrogens with one attached hydrogen (secondary N) is 1. The van der Waals surface area contributed by atoms with Crippen LogP contribution in [0.1, 0.15) is 129 Å². The van der Waals surface area contributed by atoms with Gasteiger partial charge in [-0.2, -0.15) is 11.8 Å². The van der Waals surface area contributed by atoms with Gasteiger partial charge in [0, 0.05) is 12.7 Å². The van der Waals surface area contributed by atoms with E-state index < -0.39 is 12.0 Å². The molecule has 4 nitrogen and oxygen atoms in total. The van der Waals surface area contributed by atoms with E-state index in [0.29, 0.717) is 5.75 Å². The van der Waals surface area contributed by atoms with Crippen molar-refractivity contribution >= 4 is 23.6 Å². The molecule has 1 atom stereocenters. The lowest BCUT2D eigenvalue weighted by Crippen LogP contribution is -2.41. The van der Waals surface area contributed by atoms with Crippen LogP contribution < -0.4 is 5.32 Å². The van der Waals surface area contributed by atoms with Gasteiger partial charge in [0.15, 0.2) is 0 Å². The third-order valence-electron chi connectivity index (χ3n) is 5.60. The maximum absolute atomic E-state index is 11.0. The highest BCUT2D eigenvalue weighted by Gasteiger charge is 2.17. The molecule has 0 fully saturated rings. The molecule has 0 saturated carbocycles. The molecule has 30 heavy (non-hydrogen) atoms. The first-order chi connectivity index (χ1) is 14.6. The molecule has 178 valence electrons. The number of hydrogen-bond donors (Lipinski definition) is 2. The van der Waals surface area contributed by atoms with Crippen LogP contribution in [0.3, 0.4) is 0 Å². The minimum atomic E-state index is -0.949. The molecule has 1 amide bonds. The molecule has 0 unspecified atom stereocenters. The van der Waals surface area contributed by atoms with Gasteiger partial charge in [-0.25, -0.2) is 4.79 Å². The van der Waals surface area contributed by atoms with Gasteiger partial charge < -0.3 is 10.4 Å². The Hall–Kier alpha value is -0.710. The molecule has 0 aliphatic carbocycles. The summed E-state index contributed by atoms with van der Waals surface area (Å²) < 4.78 is 0. The van der Waals surface area contributed by atoms with Gasteiger partial charge in [0.2, 0.25) is 5.91 Å². The fourth-order valence-electron chi connectivity index (χ4n) is 3.73. The number of carbonyl (C=O) groups is 2. The van der Waals surface area contributed by atoms with Crippen LogP contribution in [-0.2, 0) is 9.59 Å². The second-order valence-corrected chi connectivity index (χ2v) is 9.83. The number of hydrogen-bond acceptors (Lipinski definition) is 3. The second-order valence-electron chi connectivity index (χ2n) is 8.68. The minimum absolute atomic E-state index is 0.281. The molecule has 0 aliphatic rings. The maximum Gasteiger partial charge on any atom is 0.327 e. The van der Waals surface area contributed by atoms with E-state index in [-0.39, 0.29) is 5.91 Å². The van der Waals surface area contributed by atoms with E-state index in [1.54, 1.807) is 11.8 Å². The van der Waals surface area contributed by atoms with Gasteiger partial charge in [-0.1, -0.05) is 116 Å². The summed E-state index contributed by atoms with van der Waals surface area (Å²) in [6.45, 7) is 3.64. The van der Waals surface area contributed by atoms with Crippen LogP contribution in [0.4, 0.5) is 0 Å². The summed E-state index contributed by atoms with van der Waals surface area (Å²) >= 11 is 1.62. The maximum atomic E-state index is 11.0. The topological polar surface area (TPSA) is 66.4 Å². The van der Waals surface area contributed by atoms with E-state index in [1.807, 2.05) is 0 Å². The van der Waals surface area contributed by atoms with Crippen molar-refractivity contribution in [1.82, 2.24) is 5.32 Å². The smallest absolute Gasteiger partial charge is 0.327 e. The van der Waals surface area contributed by atoms with Crippen molar-refractivity contribution in [2.45, 2.75) is 135 Å². The van der Waals surface area contributed by atoms with Crippen molar-refractivity contribution in [3.63, 3.8) is 0 Å². The average molecular weight is 444 g/mol. The fraction of sp³-hybridized carbons (Fsp3) is 0.920. The lowest BCUT2D eigenvalue weighted by Gasteiger charge is -2.12. The molecule has 0 aromatic rings. The van der Waals surface area contributed by atoms with E-state index in [0.717, 1.165) is 12.2 Å². The van der Waals surface area contributed by atoms with Crippen LogP contribution in [-0.4, -0.2) is 34.5 Å². The molecule has 0 aromatic heterocycles. The summed E-state index contributed by atoms with van der Waals surface area (Å²) in [6.07, 6.45) is 24.7. The average Bonchev–Trinajstić information content (AvgIpc) is 2.71. The zero-order valence-electron chi connectivity index (χ0n) is 19.9. The fourth-order valence-corrected chi connectivity index (χ4v) is 4.76. The Labute approximate surface area is 190 Å². The molecule has 0 heterocycles. The largest absolute Gasteiger partial charge is 0.480 e. The van der Waals surface area contributed by atoms with Crippen LogP contribution in [0.15, 0.2) is 0 Å². The summed E-state index contributed by atoms with van der Waals surface area (Å²) in [4.78, 5) is 22.0. The molecule has 0 spiro atoms. The summed E-state index contributed by atoms with van der Waals surface area (Å²) in [5, 5.41) is 11.5. The summed E-state index contributed by atoms with van der Waals surface area (Å²) in [5.41, 5.74) is 0. The van der Waals surface area contributed by atoms with Gasteiger partial charge >= 0.3 is 5.97 Å². The van der Waals surface area contributed by atoms with Crippen molar-refractivity contribution in [2.24, 2.45) is 0 Å². The zero-order valence-corrected chi connectivity index (χ0v) is 20.7. The predicted molar refractivity (Wildman–Crippen MR) is 131 cm³/mol. The highest BCUT2D eigenvalue weighted by molar-refractivity contribution is 7.99. The number of thioether (sulfide) groups is 1. The highest BCUT2D eigenvalue weighted by atomic mass is 32.2. The van der Waals surface area contributed by atoms with Crippen molar-refractivity contribution in [3.05, 3.63) is 0 Å². The van der Waals surface area contributed by atoms with Crippen LogP contribution in [0, 0.1) is 0 Å². The number of carbonyl (C=O) groups excluding carboxylic acids is 1. The van der Waals surface area contributed by atoms with E-state index >= 15 is 0 Å². The van der Waals surface area contributed by atoms with E-state index in [9.17, 15) is 9.59 Å². The van der Waals surface area contributed by atoms with E-state index in [2.05, 4.69) is 12.2 Å². The second kappa shape index (κ2) is 23.0. The molecule has 0 aliphatic heterocycles. The van der Waals surface area contributed by atoms with Crippen LogP contribution in [0.2, 0.25) is 0 Å². The number of rotatable bonds is 23. The molecular formula is C25H49NO3S. The number of amides is 1. The lowest BCUT2D eigenvalue weighted by atomic mass is 10.0. The van der Waals surface area contributed by atoms with Gasteiger partial charge in [0.05, 0.1) is 0 Å². The lowest BCUT2D eigenvalue weighted by molar-refractivity contribution is -0.140. The van der Waals surface area contributed by atoms with Crippen LogP contribution in [0.25, 0.3) is 0 Å². The van der Waals surface area contributed by atoms with Gasteiger partial charge in [0.1, 0.15) is 6.04 Å². The van der Waals surface area contributed by atoms with Crippen molar-refractivity contribution in [1.29, 1.82) is 0 Å². The Morgan fingerprint density at radius 3 is 1.40 bits per heavy atom. The third-order valence-corrected chi connectivity index (χ3v) is 6.75. The first-order valence-corrected chi connectivity index (χ1v) is 13.8.